The lowest BCUT2D eigenvalue weighted by molar-refractivity contribution is -0.105. The molecular weight excluding hydrogens is 192 g/mol. The molecule has 1 rings (SSSR count). The maximum absolute atomic E-state index is 10.3. The van der Waals surface area contributed by atoms with Crippen molar-refractivity contribution >= 4 is 30.5 Å². The summed E-state index contributed by atoms with van der Waals surface area (Å²) in [5, 5.41) is 2.47. The molecule has 0 saturated carbocycles. The van der Waals surface area contributed by atoms with Crippen LogP contribution in [0.15, 0.2) is 17.8 Å². The van der Waals surface area contributed by atoms with Crippen LogP contribution in [-0.2, 0) is 4.79 Å². The van der Waals surface area contributed by atoms with Gasteiger partial charge >= 0.3 is 0 Å². The number of amides is 1. The van der Waals surface area contributed by atoms with E-state index in [9.17, 15) is 4.79 Å². The minimum Gasteiger partial charge on any atom is -0.313 e. The molecule has 0 aliphatic rings. The van der Waals surface area contributed by atoms with E-state index in [2.05, 4.69) is 26.9 Å². The Balaban J connectivity index is 3.03. The molecule has 15 heavy (non-hydrogen) atoms. The van der Waals surface area contributed by atoms with E-state index in [4.69, 9.17) is 0 Å². The highest BCUT2D eigenvalue weighted by Crippen LogP contribution is 2.15. The van der Waals surface area contributed by atoms with Crippen LogP contribution in [0, 0.1) is 0 Å². The third-order valence-corrected chi connectivity index (χ3v) is 1.61. The van der Waals surface area contributed by atoms with E-state index in [0.717, 1.165) is 6.42 Å². The predicted octanol–water partition coefficient (Wildman–Crippen LogP) is 1.80. The summed E-state index contributed by atoms with van der Waals surface area (Å²) in [4.78, 5) is 22.4. The van der Waals surface area contributed by atoms with Crippen molar-refractivity contribution in [1.82, 2.24) is 9.97 Å². The zero-order chi connectivity index (χ0) is 11.1. The molecule has 0 radical (unpaired) electrons. The van der Waals surface area contributed by atoms with Crippen molar-refractivity contribution in [3.05, 3.63) is 18.3 Å². The quantitative estimate of drug-likeness (QED) is 0.587. The van der Waals surface area contributed by atoms with Gasteiger partial charge in [0.15, 0.2) is 0 Å². The normalized spacial score (nSPS) is 10.2. The lowest BCUT2D eigenvalue weighted by Crippen LogP contribution is -2.00. The Hall–Kier alpha value is -2.04. The number of hydrogen-bond acceptors (Lipinski definition) is 4. The van der Waals surface area contributed by atoms with Crippen LogP contribution in [0.5, 0.6) is 0 Å². The smallest absolute Gasteiger partial charge is 0.250 e. The fourth-order valence-corrected chi connectivity index (χ4v) is 0.938. The van der Waals surface area contributed by atoms with Crippen LogP contribution in [0.3, 0.4) is 0 Å². The topological polar surface area (TPSA) is 67.2 Å². The highest BCUT2D eigenvalue weighted by molar-refractivity contribution is 5.75. The molecule has 0 spiro atoms. The van der Waals surface area contributed by atoms with Gasteiger partial charge in [0.25, 0.3) is 5.95 Å². The summed E-state index contributed by atoms with van der Waals surface area (Å²) in [7, 11) is 0. The molecule has 0 aromatic carbocycles. The maximum atomic E-state index is 10.3. The summed E-state index contributed by atoms with van der Waals surface area (Å²) >= 11 is 0. The first-order chi connectivity index (χ1) is 7.31. The Morgan fingerprint density at radius 3 is 3.07 bits per heavy atom. The van der Waals surface area contributed by atoms with Gasteiger partial charge in [0, 0.05) is 18.0 Å². The van der Waals surface area contributed by atoms with Crippen molar-refractivity contribution in [2.24, 2.45) is 4.99 Å². The summed E-state index contributed by atoms with van der Waals surface area (Å²) < 4.78 is 0. The molecule has 1 amide bonds. The van der Waals surface area contributed by atoms with Crippen LogP contribution in [0.25, 0.3) is 6.08 Å². The molecule has 0 saturated heterocycles. The van der Waals surface area contributed by atoms with E-state index in [1.54, 1.807) is 18.5 Å². The molecule has 1 aromatic heterocycles. The minimum absolute atomic E-state index is 0.326. The molecule has 0 bridgehead atoms. The highest BCUT2D eigenvalue weighted by Gasteiger charge is 2.02. The second-order valence-electron chi connectivity index (χ2n) is 2.66. The molecule has 0 atom stereocenters. The number of aromatic nitrogens is 2. The second kappa shape index (κ2) is 5.64. The number of aliphatic imine (C=N–C) groups is 1. The standard InChI is InChI=1S/C10H12N4O/c1-3-5-11-10-12-6-8(4-2)9(14-10)13-7-15/h4-7H,2-3H2,1H3,(H,12,13,14,15). The van der Waals surface area contributed by atoms with E-state index in [-0.39, 0.29) is 0 Å². The van der Waals surface area contributed by atoms with Crippen molar-refractivity contribution in [3.63, 3.8) is 0 Å². The number of rotatable bonds is 5. The molecule has 1 heterocycles. The zero-order valence-corrected chi connectivity index (χ0v) is 8.47. The molecule has 5 nitrogen and oxygen atoms in total. The first kappa shape index (κ1) is 11.0. The number of nitrogens with one attached hydrogen (secondary N) is 1. The van der Waals surface area contributed by atoms with Crippen LogP contribution >= 0.6 is 0 Å². The molecule has 0 fully saturated rings. The number of carbonyl (C=O) groups excluding carboxylic acids is 1. The Morgan fingerprint density at radius 1 is 1.67 bits per heavy atom. The lowest BCUT2D eigenvalue weighted by Gasteiger charge is -2.02. The van der Waals surface area contributed by atoms with Crippen LogP contribution in [0.1, 0.15) is 18.9 Å². The third kappa shape index (κ3) is 2.98. The Morgan fingerprint density at radius 2 is 2.47 bits per heavy atom. The van der Waals surface area contributed by atoms with Crippen molar-refractivity contribution in [2.45, 2.75) is 13.3 Å². The van der Waals surface area contributed by atoms with Gasteiger partial charge in [0.1, 0.15) is 5.82 Å². The molecule has 1 N–H and O–H groups in total. The number of hydrogen-bond donors (Lipinski definition) is 1. The SMILES string of the molecule is C=Cc1cnc(N=CCC)nc1NC=O. The molecule has 0 aliphatic heterocycles. The van der Waals surface area contributed by atoms with Crippen molar-refractivity contribution in [2.75, 3.05) is 5.32 Å². The van der Waals surface area contributed by atoms with E-state index >= 15 is 0 Å². The van der Waals surface area contributed by atoms with Gasteiger partial charge < -0.3 is 5.32 Å². The maximum Gasteiger partial charge on any atom is 0.250 e. The van der Waals surface area contributed by atoms with Gasteiger partial charge in [-0.3, -0.25) is 4.79 Å². The van der Waals surface area contributed by atoms with Gasteiger partial charge in [-0.05, 0) is 6.42 Å². The van der Waals surface area contributed by atoms with Crippen LogP contribution in [0.2, 0.25) is 0 Å². The summed E-state index contributed by atoms with van der Waals surface area (Å²) in [6.07, 6.45) is 6.20. The molecule has 0 unspecified atom stereocenters. The van der Waals surface area contributed by atoms with Gasteiger partial charge in [-0.2, -0.15) is 4.98 Å². The summed E-state index contributed by atoms with van der Waals surface area (Å²) in [5.74, 6) is 0.741. The van der Waals surface area contributed by atoms with Crippen LogP contribution < -0.4 is 5.32 Å². The average molecular weight is 204 g/mol. The van der Waals surface area contributed by atoms with E-state index < -0.39 is 0 Å². The van der Waals surface area contributed by atoms with E-state index in [1.807, 2.05) is 6.92 Å². The lowest BCUT2D eigenvalue weighted by atomic mass is 10.3. The summed E-state index contributed by atoms with van der Waals surface area (Å²) in [6.45, 7) is 5.56. The number of carbonyl (C=O) groups is 1. The number of anilines is 1. The first-order valence-corrected chi connectivity index (χ1v) is 4.54. The van der Waals surface area contributed by atoms with Crippen LogP contribution in [-0.4, -0.2) is 22.6 Å². The molecule has 1 aromatic rings. The van der Waals surface area contributed by atoms with Crippen molar-refractivity contribution in [3.8, 4) is 0 Å². The Labute approximate surface area is 88.0 Å². The van der Waals surface area contributed by atoms with Crippen molar-refractivity contribution in [1.29, 1.82) is 0 Å². The summed E-state index contributed by atoms with van der Waals surface area (Å²) in [6, 6.07) is 0. The molecule has 0 aliphatic carbocycles. The van der Waals surface area contributed by atoms with Crippen molar-refractivity contribution < 1.29 is 4.79 Å². The zero-order valence-electron chi connectivity index (χ0n) is 8.47. The molecular formula is C10H12N4O. The fraction of sp³-hybridized carbons (Fsp3) is 0.200. The molecule has 5 heteroatoms. The van der Waals surface area contributed by atoms with E-state index in [0.29, 0.717) is 23.7 Å². The van der Waals surface area contributed by atoms with E-state index in [1.165, 1.54) is 0 Å². The predicted molar refractivity (Wildman–Crippen MR) is 60.3 cm³/mol. The third-order valence-electron chi connectivity index (χ3n) is 1.61. The Bertz CT molecular complexity index is 387. The van der Waals surface area contributed by atoms with Crippen LogP contribution in [0.4, 0.5) is 11.8 Å². The fourth-order valence-electron chi connectivity index (χ4n) is 0.938. The van der Waals surface area contributed by atoms with Gasteiger partial charge in [0.2, 0.25) is 6.41 Å². The van der Waals surface area contributed by atoms with Gasteiger partial charge in [-0.15, -0.1) is 0 Å². The number of nitrogens with zero attached hydrogens (tertiary/aromatic N) is 3. The second-order valence-corrected chi connectivity index (χ2v) is 2.66. The highest BCUT2D eigenvalue weighted by atomic mass is 16.1. The van der Waals surface area contributed by atoms with Gasteiger partial charge in [0.05, 0.1) is 0 Å². The van der Waals surface area contributed by atoms with Gasteiger partial charge in [-0.25, -0.2) is 9.98 Å². The monoisotopic (exact) mass is 204 g/mol. The molecule has 78 valence electrons. The summed E-state index contributed by atoms with van der Waals surface area (Å²) in [5.41, 5.74) is 0.664. The first-order valence-electron chi connectivity index (χ1n) is 4.54. The van der Waals surface area contributed by atoms with Gasteiger partial charge in [-0.1, -0.05) is 19.6 Å². The Kier molecular flexibility index (Phi) is 4.15. The average Bonchev–Trinajstić information content (AvgIpc) is 2.27. The largest absolute Gasteiger partial charge is 0.313 e. The minimum atomic E-state index is 0.326.